The summed E-state index contributed by atoms with van der Waals surface area (Å²) in [4.78, 5) is 98.8. The second-order valence-corrected chi connectivity index (χ2v) is 15.9. The lowest BCUT2D eigenvalue weighted by Gasteiger charge is -2.25. The van der Waals surface area contributed by atoms with Crippen molar-refractivity contribution in [2.24, 2.45) is 17.6 Å². The van der Waals surface area contributed by atoms with Gasteiger partial charge >= 0.3 is 12.0 Å². The average Bonchev–Trinajstić information content (AvgIpc) is 3.64. The second-order valence-electron chi connectivity index (χ2n) is 15.9. The third kappa shape index (κ3) is 26.7. The summed E-state index contributed by atoms with van der Waals surface area (Å²) < 4.78 is 38.2. The molecule has 1 aliphatic rings. The first-order chi connectivity index (χ1) is 32.7. The van der Waals surface area contributed by atoms with Crippen molar-refractivity contribution in [2.45, 2.75) is 84.9 Å². The maximum Gasteiger partial charge on any atom is 0.312 e. The van der Waals surface area contributed by atoms with Crippen molar-refractivity contribution in [1.29, 1.82) is 0 Å². The Labute approximate surface area is 398 Å². The van der Waals surface area contributed by atoms with Gasteiger partial charge in [0.1, 0.15) is 18.7 Å². The predicted octanol–water partition coefficient (Wildman–Crippen LogP) is 1.10. The van der Waals surface area contributed by atoms with E-state index in [2.05, 4.69) is 26.6 Å². The molecule has 22 nitrogen and oxygen atoms in total. The average molecular weight is 964 g/mol. The Balaban J connectivity index is 1.54. The molecule has 0 saturated heterocycles. The fourth-order valence-corrected chi connectivity index (χ4v) is 5.96. The highest BCUT2D eigenvalue weighted by Gasteiger charge is 2.29. The number of amides is 8. The van der Waals surface area contributed by atoms with Gasteiger partial charge in [-0.2, -0.15) is 0 Å². The fraction of sp³-hybridized carbons (Fsp3) is 0.652. The molecule has 68 heavy (non-hydrogen) atoms. The monoisotopic (exact) mass is 964 g/mol. The van der Waals surface area contributed by atoms with Gasteiger partial charge in [0.2, 0.25) is 23.6 Å². The topological polar surface area (TPSA) is 291 Å². The van der Waals surface area contributed by atoms with Gasteiger partial charge in [-0.25, -0.2) is 4.79 Å². The molecule has 0 bridgehead atoms. The van der Waals surface area contributed by atoms with E-state index in [4.69, 9.17) is 38.9 Å². The molecule has 0 aromatic heterocycles. The van der Waals surface area contributed by atoms with E-state index >= 15 is 0 Å². The minimum Gasteiger partial charge on any atom is -0.461 e. The molecule has 2 rings (SSSR count). The Morgan fingerprint density at radius 2 is 1.18 bits per heavy atom. The number of nitrogens with zero attached hydrogens (tertiary/aromatic N) is 1. The molecule has 1 heterocycles. The number of benzene rings is 1. The van der Waals surface area contributed by atoms with E-state index in [1.165, 1.54) is 12.2 Å². The van der Waals surface area contributed by atoms with Crippen LogP contribution in [-0.4, -0.2) is 163 Å². The Morgan fingerprint density at radius 1 is 0.632 bits per heavy atom. The molecule has 8 amide bonds. The number of imide groups is 1. The van der Waals surface area contributed by atoms with E-state index in [0.29, 0.717) is 97.5 Å². The molecular formula is C46H73N7O15. The molecule has 1 aromatic carbocycles. The number of unbranched alkanes of at least 4 members (excludes halogenated alkanes) is 1. The molecule has 3 atom stereocenters. The molecule has 382 valence electrons. The number of rotatable bonds is 39. The number of carbonyl (C=O) groups is 8. The predicted molar refractivity (Wildman–Crippen MR) is 247 cm³/mol. The molecule has 0 aliphatic carbocycles. The van der Waals surface area contributed by atoms with Gasteiger partial charge in [0.25, 0.3) is 11.8 Å². The minimum absolute atomic E-state index is 0.000969. The smallest absolute Gasteiger partial charge is 0.312 e. The minimum atomic E-state index is -0.958. The van der Waals surface area contributed by atoms with E-state index in [-0.39, 0.29) is 75.9 Å². The number of ether oxygens (including phenoxy) is 7. The highest BCUT2D eigenvalue weighted by molar-refractivity contribution is 6.13. The highest BCUT2D eigenvalue weighted by atomic mass is 16.6. The summed E-state index contributed by atoms with van der Waals surface area (Å²) in [6.45, 7) is 11.8. The van der Waals surface area contributed by atoms with Crippen LogP contribution in [0.2, 0.25) is 0 Å². The SMILES string of the molecule is CCC(C)C(=O)OCc1ccc(NC(=O)[C@H](CCCCNC(N)=O)NC(=O)[C@@H](NC(=O)CCOCCOCCOCCOCCOCCOCCNC(=O)CCN2C(=O)C=CC2=O)C(C)C)cc1. The van der Waals surface area contributed by atoms with Crippen molar-refractivity contribution in [3.05, 3.63) is 42.0 Å². The molecule has 1 unspecified atom stereocenters. The van der Waals surface area contributed by atoms with E-state index in [0.717, 1.165) is 10.5 Å². The van der Waals surface area contributed by atoms with Crippen LogP contribution in [0.25, 0.3) is 0 Å². The number of nitrogens with one attached hydrogen (secondary N) is 5. The van der Waals surface area contributed by atoms with Crippen LogP contribution in [0.15, 0.2) is 36.4 Å². The van der Waals surface area contributed by atoms with Crippen LogP contribution in [0.5, 0.6) is 0 Å². The molecule has 7 N–H and O–H groups in total. The quantitative estimate of drug-likeness (QED) is 0.0306. The van der Waals surface area contributed by atoms with Gasteiger partial charge in [-0.05, 0) is 49.3 Å². The number of anilines is 1. The number of carbonyl (C=O) groups excluding carboxylic acids is 8. The molecule has 0 radical (unpaired) electrons. The van der Waals surface area contributed by atoms with Gasteiger partial charge in [0.05, 0.1) is 85.2 Å². The number of hydrogen-bond donors (Lipinski definition) is 6. The number of urea groups is 1. The molecule has 0 spiro atoms. The second kappa shape index (κ2) is 35.6. The van der Waals surface area contributed by atoms with Crippen LogP contribution in [0.4, 0.5) is 10.5 Å². The Bertz CT molecular complexity index is 1710. The lowest BCUT2D eigenvalue weighted by atomic mass is 10.0. The molecule has 22 heteroatoms. The van der Waals surface area contributed by atoms with Crippen molar-refractivity contribution in [3.8, 4) is 0 Å². The van der Waals surface area contributed by atoms with E-state index in [1.807, 2.05) is 6.92 Å². The van der Waals surface area contributed by atoms with Gasteiger partial charge in [0, 0.05) is 50.3 Å². The zero-order valence-corrected chi connectivity index (χ0v) is 40.0. The van der Waals surface area contributed by atoms with Crippen LogP contribution < -0.4 is 32.3 Å². The Hall–Kier alpha value is -5.52. The van der Waals surface area contributed by atoms with Crippen LogP contribution in [0.3, 0.4) is 0 Å². The Kier molecular flexibility index (Phi) is 30.7. The maximum absolute atomic E-state index is 13.5. The van der Waals surface area contributed by atoms with E-state index in [9.17, 15) is 38.4 Å². The number of hydrogen-bond acceptors (Lipinski definition) is 15. The van der Waals surface area contributed by atoms with Gasteiger partial charge in [-0.15, -0.1) is 0 Å². The third-order valence-corrected chi connectivity index (χ3v) is 10.1. The lowest BCUT2D eigenvalue weighted by Crippen LogP contribution is -2.54. The zero-order valence-electron chi connectivity index (χ0n) is 40.0. The van der Waals surface area contributed by atoms with Crippen LogP contribution in [0, 0.1) is 11.8 Å². The molecule has 0 saturated carbocycles. The van der Waals surface area contributed by atoms with Gasteiger partial charge in [-0.3, -0.25) is 38.5 Å². The van der Waals surface area contributed by atoms with Crippen LogP contribution >= 0.6 is 0 Å². The van der Waals surface area contributed by atoms with Gasteiger partial charge in [-0.1, -0.05) is 39.8 Å². The summed E-state index contributed by atoms with van der Waals surface area (Å²) in [5.41, 5.74) is 6.37. The first kappa shape index (κ1) is 58.6. The first-order valence-electron chi connectivity index (χ1n) is 23.2. The Morgan fingerprint density at radius 3 is 1.71 bits per heavy atom. The summed E-state index contributed by atoms with van der Waals surface area (Å²) in [6.07, 6.45) is 4.29. The highest BCUT2D eigenvalue weighted by Crippen LogP contribution is 2.14. The maximum atomic E-state index is 13.5. The summed E-state index contributed by atoms with van der Waals surface area (Å²) in [7, 11) is 0. The van der Waals surface area contributed by atoms with Crippen molar-refractivity contribution in [3.63, 3.8) is 0 Å². The van der Waals surface area contributed by atoms with E-state index in [1.54, 1.807) is 45.0 Å². The van der Waals surface area contributed by atoms with Crippen molar-refractivity contribution in [2.75, 3.05) is 104 Å². The number of esters is 1. The van der Waals surface area contributed by atoms with Crippen molar-refractivity contribution >= 4 is 53.1 Å². The molecule has 0 fully saturated rings. The summed E-state index contributed by atoms with van der Waals surface area (Å²) in [5, 5.41) is 13.5. The van der Waals surface area contributed by atoms with Crippen molar-refractivity contribution in [1.82, 2.24) is 26.2 Å². The van der Waals surface area contributed by atoms with E-state index < -0.39 is 47.7 Å². The third-order valence-electron chi connectivity index (χ3n) is 10.1. The molecule has 1 aliphatic heterocycles. The van der Waals surface area contributed by atoms with Crippen molar-refractivity contribution < 1.29 is 71.5 Å². The van der Waals surface area contributed by atoms with Crippen LogP contribution in [0.1, 0.15) is 71.8 Å². The molecular weight excluding hydrogens is 891 g/mol. The first-order valence-corrected chi connectivity index (χ1v) is 23.2. The lowest BCUT2D eigenvalue weighted by molar-refractivity contribution is -0.149. The van der Waals surface area contributed by atoms with Crippen LogP contribution in [-0.2, 0) is 73.3 Å². The zero-order chi connectivity index (χ0) is 49.9. The number of primary amides is 1. The largest absolute Gasteiger partial charge is 0.461 e. The summed E-state index contributed by atoms with van der Waals surface area (Å²) >= 11 is 0. The standard InChI is InChI=1S/C46H73N7O15/c1-5-34(4)45(60)68-32-35-9-11-36(12-10-35)50-43(58)37(8-6-7-17-49-46(47)61)51-44(59)42(33(2)3)52-39(55)16-20-62-22-24-64-26-28-66-30-31-67-29-27-65-25-23-63-21-18-48-38(54)15-19-53-40(56)13-14-41(53)57/h9-14,33-34,37,42H,5-8,15-32H2,1-4H3,(H,48,54)(H,50,58)(H,51,59)(H,52,55)(H3,47,49,61)/t34?,37-,42-/m0/s1. The van der Waals surface area contributed by atoms with Gasteiger partial charge < -0.3 is 65.5 Å². The summed E-state index contributed by atoms with van der Waals surface area (Å²) in [6, 6.07) is 4.26. The summed E-state index contributed by atoms with van der Waals surface area (Å²) in [5.74, 6) is -3.30. The fourth-order valence-electron chi connectivity index (χ4n) is 5.96. The van der Waals surface area contributed by atoms with Gasteiger partial charge in [0.15, 0.2) is 0 Å². The molecule has 1 aromatic rings. The normalized spacial score (nSPS) is 13.5. The number of nitrogens with two attached hydrogens (primary N) is 1.